The summed E-state index contributed by atoms with van der Waals surface area (Å²) >= 11 is 0. The second kappa shape index (κ2) is 9.97. The molecule has 6 heterocycles. The number of nitrogens with two attached hydrogens (primary N) is 1. The zero-order valence-corrected chi connectivity index (χ0v) is 21.4. The first-order chi connectivity index (χ1) is 18.3. The Kier molecular flexibility index (Phi) is 6.65. The molecule has 0 spiro atoms. The highest BCUT2D eigenvalue weighted by molar-refractivity contribution is 5.74. The summed E-state index contributed by atoms with van der Waals surface area (Å²) in [5, 5.41) is 4.60. The van der Waals surface area contributed by atoms with Gasteiger partial charge in [0.15, 0.2) is 11.6 Å². The number of alkyl halides is 3. The van der Waals surface area contributed by atoms with Crippen LogP contribution in [0.15, 0.2) is 18.3 Å². The van der Waals surface area contributed by atoms with Gasteiger partial charge in [-0.1, -0.05) is 0 Å². The molecule has 6 rings (SSSR count). The molecule has 2 N–H and O–H groups in total. The summed E-state index contributed by atoms with van der Waals surface area (Å²) in [5.74, 6) is 1.79. The molecule has 3 aromatic heterocycles. The number of hydrogen-bond donors (Lipinski definition) is 1. The minimum atomic E-state index is -4.63. The Bertz CT molecular complexity index is 1310. The van der Waals surface area contributed by atoms with Gasteiger partial charge in [0.25, 0.3) is 0 Å². The summed E-state index contributed by atoms with van der Waals surface area (Å²) in [4.78, 5) is 13.1. The van der Waals surface area contributed by atoms with E-state index < -0.39 is 11.7 Å². The highest BCUT2D eigenvalue weighted by atomic mass is 19.4. The summed E-state index contributed by atoms with van der Waals surface area (Å²) in [6, 6.07) is 2.92. The minimum absolute atomic E-state index is 0.0346. The first-order valence-electron chi connectivity index (χ1n) is 13.1. The Morgan fingerprint density at radius 3 is 2.45 bits per heavy atom. The van der Waals surface area contributed by atoms with Gasteiger partial charge in [-0.3, -0.25) is 4.90 Å². The molecule has 3 aromatic rings. The van der Waals surface area contributed by atoms with Crippen LogP contribution in [0.5, 0.6) is 0 Å². The minimum Gasteiger partial charge on any atom is -0.384 e. The average molecular weight is 532 g/mol. The predicted octanol–water partition coefficient (Wildman–Crippen LogP) is 3.40. The zero-order valence-electron chi connectivity index (χ0n) is 21.4. The SMILES string of the molecule is Cc1c(CN2CC(C3CCOCC3)C2)cc2c(N3CCOCC3)nc(-c3cnc(N)cc3C(F)(F)F)nn12. The van der Waals surface area contributed by atoms with E-state index in [2.05, 4.69) is 30.9 Å². The number of pyridine rings is 1. The first-order valence-corrected chi connectivity index (χ1v) is 13.1. The molecule has 204 valence electrons. The molecule has 3 saturated heterocycles. The van der Waals surface area contributed by atoms with E-state index in [0.717, 1.165) is 80.6 Å². The van der Waals surface area contributed by atoms with Gasteiger partial charge < -0.3 is 20.1 Å². The van der Waals surface area contributed by atoms with E-state index in [-0.39, 0.29) is 17.2 Å². The van der Waals surface area contributed by atoms with Crippen LogP contribution in [-0.4, -0.2) is 77.1 Å². The highest BCUT2D eigenvalue weighted by Crippen LogP contribution is 2.38. The van der Waals surface area contributed by atoms with Gasteiger partial charge >= 0.3 is 6.18 Å². The molecule has 12 heteroatoms. The number of aromatic nitrogens is 4. The van der Waals surface area contributed by atoms with Crippen LogP contribution >= 0.6 is 0 Å². The third kappa shape index (κ3) is 4.80. The van der Waals surface area contributed by atoms with Crippen molar-refractivity contribution < 1.29 is 22.6 Å². The summed E-state index contributed by atoms with van der Waals surface area (Å²) in [7, 11) is 0. The Morgan fingerprint density at radius 1 is 1.03 bits per heavy atom. The standard InChI is InChI=1S/C26H32F3N7O2/c1-16-18(13-34-14-19(15-34)17-2-6-37-7-3-17)10-22-25(35-4-8-38-9-5-35)32-24(33-36(16)22)20-12-31-23(30)11-21(20)26(27,28)29/h10-12,17,19H,2-9,13-15H2,1H3,(H2,30,31). The molecule has 3 aliphatic heterocycles. The van der Waals surface area contributed by atoms with E-state index in [1.54, 1.807) is 4.52 Å². The molecule has 0 saturated carbocycles. The van der Waals surface area contributed by atoms with Crippen molar-refractivity contribution in [1.29, 1.82) is 0 Å². The Labute approximate surface area is 218 Å². The van der Waals surface area contributed by atoms with Gasteiger partial charge in [0.05, 0.1) is 24.3 Å². The fraction of sp³-hybridized carbons (Fsp3) is 0.577. The molecular formula is C26H32F3N7O2. The molecular weight excluding hydrogens is 499 g/mol. The molecule has 0 radical (unpaired) electrons. The Hall–Kier alpha value is -2.96. The van der Waals surface area contributed by atoms with Crippen molar-refractivity contribution in [3.63, 3.8) is 0 Å². The van der Waals surface area contributed by atoms with E-state index >= 15 is 0 Å². The average Bonchev–Trinajstić information content (AvgIpc) is 3.21. The van der Waals surface area contributed by atoms with Crippen LogP contribution in [0.3, 0.4) is 0 Å². The quantitative estimate of drug-likeness (QED) is 0.536. The molecule has 38 heavy (non-hydrogen) atoms. The maximum absolute atomic E-state index is 13.9. The zero-order chi connectivity index (χ0) is 26.4. The molecule has 9 nitrogen and oxygen atoms in total. The molecule has 0 atom stereocenters. The lowest BCUT2D eigenvalue weighted by Crippen LogP contribution is -2.50. The number of nitrogens with zero attached hydrogens (tertiary/aromatic N) is 6. The molecule has 0 bridgehead atoms. The van der Waals surface area contributed by atoms with E-state index in [1.165, 1.54) is 0 Å². The van der Waals surface area contributed by atoms with Crippen LogP contribution in [0.4, 0.5) is 24.8 Å². The number of aryl methyl sites for hydroxylation is 1. The normalized spacial score (nSPS) is 20.3. The first kappa shape index (κ1) is 25.3. The number of halogens is 3. The number of nitrogen functional groups attached to an aromatic ring is 1. The van der Waals surface area contributed by atoms with Gasteiger partial charge in [0.2, 0.25) is 0 Å². The molecule has 3 aliphatic rings. The molecule has 0 aromatic carbocycles. The van der Waals surface area contributed by atoms with Crippen molar-refractivity contribution in [2.45, 2.75) is 32.5 Å². The topological polar surface area (TPSA) is 94.0 Å². The van der Waals surface area contributed by atoms with Crippen LogP contribution < -0.4 is 10.6 Å². The summed E-state index contributed by atoms with van der Waals surface area (Å²) in [5.41, 5.74) is 7.28. The van der Waals surface area contributed by atoms with Crippen LogP contribution in [0, 0.1) is 18.8 Å². The van der Waals surface area contributed by atoms with Gasteiger partial charge in [0, 0.05) is 57.8 Å². The fourth-order valence-electron chi connectivity index (χ4n) is 5.84. The van der Waals surface area contributed by atoms with Gasteiger partial charge in [-0.15, -0.1) is 5.10 Å². The van der Waals surface area contributed by atoms with Gasteiger partial charge in [0.1, 0.15) is 11.3 Å². The molecule has 0 amide bonds. The maximum Gasteiger partial charge on any atom is 0.417 e. The fourth-order valence-corrected chi connectivity index (χ4v) is 5.84. The van der Waals surface area contributed by atoms with Crippen molar-refractivity contribution in [3.8, 4) is 11.4 Å². The lowest BCUT2D eigenvalue weighted by molar-refractivity contribution is -0.137. The molecule has 3 fully saturated rings. The van der Waals surface area contributed by atoms with E-state index in [4.69, 9.17) is 15.2 Å². The van der Waals surface area contributed by atoms with Crippen LogP contribution in [0.25, 0.3) is 16.9 Å². The van der Waals surface area contributed by atoms with Crippen molar-refractivity contribution in [2.75, 3.05) is 63.2 Å². The number of fused-ring (bicyclic) bond motifs is 1. The second-order valence-electron chi connectivity index (χ2n) is 10.5. The van der Waals surface area contributed by atoms with E-state index in [1.807, 2.05) is 6.92 Å². The van der Waals surface area contributed by atoms with E-state index in [0.29, 0.717) is 38.0 Å². The van der Waals surface area contributed by atoms with Crippen molar-refractivity contribution >= 4 is 17.2 Å². The lowest BCUT2D eigenvalue weighted by atomic mass is 9.81. The van der Waals surface area contributed by atoms with Crippen molar-refractivity contribution in [2.24, 2.45) is 11.8 Å². The number of likely N-dealkylation sites (tertiary alicyclic amines) is 1. The number of ether oxygens (including phenoxy) is 2. The van der Waals surface area contributed by atoms with Crippen molar-refractivity contribution in [1.82, 2.24) is 24.5 Å². The highest BCUT2D eigenvalue weighted by Gasteiger charge is 2.37. The molecule has 0 aliphatic carbocycles. The summed E-state index contributed by atoms with van der Waals surface area (Å²) in [6.07, 6.45) is -1.25. The maximum atomic E-state index is 13.9. The van der Waals surface area contributed by atoms with Crippen LogP contribution in [0.2, 0.25) is 0 Å². The Morgan fingerprint density at radius 2 is 1.74 bits per heavy atom. The van der Waals surface area contributed by atoms with Gasteiger partial charge in [-0.2, -0.15) is 13.2 Å². The third-order valence-corrected chi connectivity index (χ3v) is 8.05. The largest absolute Gasteiger partial charge is 0.417 e. The third-order valence-electron chi connectivity index (χ3n) is 8.05. The number of rotatable bonds is 5. The summed E-state index contributed by atoms with van der Waals surface area (Å²) < 4.78 is 54.6. The number of morpholine rings is 1. The van der Waals surface area contributed by atoms with E-state index in [9.17, 15) is 13.2 Å². The van der Waals surface area contributed by atoms with Gasteiger partial charge in [-0.05, 0) is 49.3 Å². The van der Waals surface area contributed by atoms with Gasteiger partial charge in [-0.25, -0.2) is 14.5 Å². The number of hydrogen-bond acceptors (Lipinski definition) is 8. The van der Waals surface area contributed by atoms with Crippen molar-refractivity contribution in [3.05, 3.63) is 35.2 Å². The van der Waals surface area contributed by atoms with Crippen LogP contribution in [-0.2, 0) is 22.2 Å². The number of anilines is 2. The van der Waals surface area contributed by atoms with Crippen LogP contribution in [0.1, 0.15) is 29.7 Å². The predicted molar refractivity (Wildman–Crippen MR) is 136 cm³/mol. The smallest absolute Gasteiger partial charge is 0.384 e. The Balaban J connectivity index is 1.36. The lowest BCUT2D eigenvalue weighted by Gasteiger charge is -2.44. The monoisotopic (exact) mass is 531 g/mol. The summed E-state index contributed by atoms with van der Waals surface area (Å²) in [6.45, 7) is 8.78. The molecule has 0 unspecified atom stereocenters. The second-order valence-corrected chi connectivity index (χ2v) is 10.5.